The molecule has 2 aliphatic heterocycles. The van der Waals surface area contributed by atoms with E-state index in [0.29, 0.717) is 29.8 Å². The van der Waals surface area contributed by atoms with Crippen LogP contribution in [0, 0.1) is 19.8 Å². The minimum Gasteiger partial charge on any atom is -0.378 e. The maximum Gasteiger partial charge on any atom is 0.252 e. The molecule has 2 saturated heterocycles. The minimum absolute atomic E-state index is 0.323. The summed E-state index contributed by atoms with van der Waals surface area (Å²) in [5, 5.41) is 13.8. The first-order chi connectivity index (χ1) is 20.3. The van der Waals surface area contributed by atoms with Crippen LogP contribution >= 0.6 is 11.6 Å². The van der Waals surface area contributed by atoms with Crippen LogP contribution in [0.15, 0.2) is 72.1 Å². The molecular weight excluding hydrogens is 544 g/mol. The molecule has 1 unspecified atom stereocenters. The van der Waals surface area contributed by atoms with Crippen molar-refractivity contribution in [3.63, 3.8) is 0 Å². The number of allylic oxidation sites excluding steroid dienone is 1. The van der Waals surface area contributed by atoms with Gasteiger partial charge in [-0.05, 0) is 56.6 Å². The lowest BCUT2D eigenvalue weighted by atomic mass is 9.85. The quantitative estimate of drug-likeness (QED) is 0.241. The molecule has 0 radical (unpaired) electrons. The largest absolute Gasteiger partial charge is 0.378 e. The second-order valence-corrected chi connectivity index (χ2v) is 11.2. The predicted molar refractivity (Wildman–Crippen MR) is 178 cm³/mol. The Bertz CT molecular complexity index is 1130. The van der Waals surface area contributed by atoms with E-state index in [0.717, 1.165) is 62.3 Å². The van der Waals surface area contributed by atoms with Gasteiger partial charge in [-0.2, -0.15) is 0 Å². The first kappa shape index (κ1) is 35.4. The Morgan fingerprint density at radius 1 is 1.05 bits per heavy atom. The highest BCUT2D eigenvalue weighted by Gasteiger charge is 2.35. The van der Waals surface area contributed by atoms with E-state index in [2.05, 4.69) is 85.4 Å². The van der Waals surface area contributed by atoms with Gasteiger partial charge in [0.25, 0.3) is 5.91 Å². The number of likely N-dealkylation sites (tertiary alicyclic amines) is 1. The Morgan fingerprint density at radius 2 is 1.64 bits per heavy atom. The Labute approximate surface area is 259 Å². The molecule has 2 fully saturated rings. The summed E-state index contributed by atoms with van der Waals surface area (Å²) < 4.78 is 0. The third kappa shape index (κ3) is 10.2. The van der Waals surface area contributed by atoms with E-state index in [1.807, 2.05) is 32.0 Å². The zero-order valence-corrected chi connectivity index (χ0v) is 27.3. The van der Waals surface area contributed by atoms with E-state index in [-0.39, 0.29) is 0 Å². The molecular formula is C35H53ClN4O2. The fourth-order valence-corrected chi connectivity index (χ4v) is 5.93. The molecule has 0 aromatic heterocycles. The van der Waals surface area contributed by atoms with Crippen LogP contribution in [0.4, 0.5) is 0 Å². The number of amides is 1. The van der Waals surface area contributed by atoms with Crippen molar-refractivity contribution in [2.24, 2.45) is 11.7 Å². The molecule has 2 aromatic rings. The Hall–Kier alpha value is -2.80. The zero-order valence-electron chi connectivity index (χ0n) is 26.6. The number of aryl methyl sites for hydroxylation is 2. The van der Waals surface area contributed by atoms with Crippen LogP contribution in [0.3, 0.4) is 0 Å². The number of primary amides is 1. The summed E-state index contributed by atoms with van der Waals surface area (Å²) in [6, 6.07) is 18.8. The number of nitrogens with two attached hydrogens (primary N) is 1. The zero-order chi connectivity index (χ0) is 31.1. The molecule has 7 heteroatoms. The normalized spacial score (nSPS) is 19.9. The highest BCUT2D eigenvalue weighted by atomic mass is 35.5. The number of rotatable bonds is 8. The van der Waals surface area contributed by atoms with E-state index in [4.69, 9.17) is 17.3 Å². The second-order valence-electron chi connectivity index (χ2n) is 10.9. The van der Waals surface area contributed by atoms with Crippen LogP contribution in [-0.2, 0) is 4.79 Å². The van der Waals surface area contributed by atoms with Crippen LogP contribution in [0.5, 0.6) is 0 Å². The molecule has 2 aliphatic rings. The van der Waals surface area contributed by atoms with Crippen LogP contribution in [-0.4, -0.2) is 65.6 Å². The van der Waals surface area contributed by atoms with Crippen molar-refractivity contribution in [3.8, 4) is 0 Å². The number of benzene rings is 2. The van der Waals surface area contributed by atoms with Crippen LogP contribution in [0.2, 0.25) is 0 Å². The molecule has 2 heterocycles. The van der Waals surface area contributed by atoms with Crippen molar-refractivity contribution in [1.82, 2.24) is 15.1 Å². The van der Waals surface area contributed by atoms with Crippen molar-refractivity contribution in [2.75, 3.05) is 32.6 Å². The van der Waals surface area contributed by atoms with Crippen molar-refractivity contribution in [2.45, 2.75) is 79.0 Å². The van der Waals surface area contributed by atoms with E-state index in [1.165, 1.54) is 11.1 Å². The van der Waals surface area contributed by atoms with Gasteiger partial charge in [-0.25, -0.2) is 0 Å². The monoisotopic (exact) mass is 596 g/mol. The highest BCUT2D eigenvalue weighted by Crippen LogP contribution is 2.34. The first-order valence-corrected chi connectivity index (χ1v) is 16.1. The molecule has 0 spiro atoms. The SMILES string of the molecule is CC.CC/C=C(/C(C(N)=O)=C1/NCC[C@@H](C2CCN(C(O)CCCl)CC2)N1C)c1ccc(C)cc1.Cc1ccccc1. The van der Waals surface area contributed by atoms with Gasteiger partial charge in [0.2, 0.25) is 0 Å². The van der Waals surface area contributed by atoms with Crippen LogP contribution in [0.25, 0.3) is 5.57 Å². The summed E-state index contributed by atoms with van der Waals surface area (Å²) in [4.78, 5) is 17.1. The lowest BCUT2D eigenvalue weighted by molar-refractivity contribution is -0.114. The summed E-state index contributed by atoms with van der Waals surface area (Å²) in [6.45, 7) is 12.8. The lowest BCUT2D eigenvalue weighted by Gasteiger charge is -2.45. The van der Waals surface area contributed by atoms with Gasteiger partial charge in [0.1, 0.15) is 12.0 Å². The van der Waals surface area contributed by atoms with Gasteiger partial charge >= 0.3 is 0 Å². The second kappa shape index (κ2) is 18.7. The van der Waals surface area contributed by atoms with E-state index >= 15 is 0 Å². The molecule has 1 amide bonds. The standard InChI is InChI=1S/C26H39ClN4O2.C7H8.C2H6/c1-4-5-21(19-8-6-18(2)7-9-19)24(25(28)33)26-29-15-11-22(30(26)3)20-12-16-31(17-13-20)23(32)10-14-27;1-7-5-3-2-4-6-7;1-2/h5-9,20,22-23,29,32H,4,10-17H2,1-3H3,(H2,28,33);2-6H,1H3;1-2H3/b21-5+,26-24+;;/t22-,23?;;/m0../s1. The number of alkyl halides is 1. The maximum absolute atomic E-state index is 12.8. The van der Waals surface area contributed by atoms with Gasteiger partial charge in [0, 0.05) is 45.0 Å². The third-order valence-electron chi connectivity index (χ3n) is 7.95. The lowest BCUT2D eigenvalue weighted by Crippen LogP contribution is -2.52. The molecule has 2 aromatic carbocycles. The first-order valence-electron chi connectivity index (χ1n) is 15.5. The molecule has 2 atom stereocenters. The van der Waals surface area contributed by atoms with Crippen molar-refractivity contribution in [1.29, 1.82) is 0 Å². The number of carbonyl (C=O) groups excluding carboxylic acids is 1. The third-order valence-corrected chi connectivity index (χ3v) is 8.17. The van der Waals surface area contributed by atoms with E-state index in [1.54, 1.807) is 0 Å². The van der Waals surface area contributed by atoms with Crippen molar-refractivity contribution >= 4 is 23.1 Å². The number of nitrogens with one attached hydrogen (secondary N) is 1. The number of hydrogen-bond donors (Lipinski definition) is 3. The highest BCUT2D eigenvalue weighted by molar-refractivity contribution is 6.17. The summed E-state index contributed by atoms with van der Waals surface area (Å²) in [6.07, 6.45) is 6.09. The molecule has 42 heavy (non-hydrogen) atoms. The fourth-order valence-electron chi connectivity index (χ4n) is 5.73. The van der Waals surface area contributed by atoms with Crippen molar-refractivity contribution in [3.05, 3.63) is 88.8 Å². The average Bonchev–Trinajstić information content (AvgIpc) is 3.00. The van der Waals surface area contributed by atoms with E-state index in [9.17, 15) is 9.90 Å². The van der Waals surface area contributed by atoms with Gasteiger partial charge in [-0.15, -0.1) is 11.6 Å². The number of aliphatic hydroxyl groups excluding tert-OH is 1. The number of piperidine rings is 1. The van der Waals surface area contributed by atoms with Gasteiger partial charge in [-0.1, -0.05) is 92.6 Å². The molecule has 0 aliphatic carbocycles. The average molecular weight is 597 g/mol. The predicted octanol–water partition coefficient (Wildman–Crippen LogP) is 6.46. The molecule has 4 rings (SSSR count). The molecule has 4 N–H and O–H groups in total. The van der Waals surface area contributed by atoms with Crippen LogP contribution < -0.4 is 11.1 Å². The Kier molecular flexibility index (Phi) is 15.7. The molecule has 232 valence electrons. The molecule has 0 saturated carbocycles. The van der Waals surface area contributed by atoms with Gasteiger partial charge in [-0.3, -0.25) is 9.69 Å². The van der Waals surface area contributed by atoms with Gasteiger partial charge in [0.15, 0.2) is 0 Å². The Morgan fingerprint density at radius 3 is 2.14 bits per heavy atom. The van der Waals surface area contributed by atoms with E-state index < -0.39 is 12.1 Å². The Balaban J connectivity index is 0.000000590. The van der Waals surface area contributed by atoms with Gasteiger partial charge in [0.05, 0.1) is 5.57 Å². The number of carbonyl (C=O) groups is 1. The fraction of sp³-hybridized carbons (Fsp3) is 0.514. The maximum atomic E-state index is 12.8. The smallest absolute Gasteiger partial charge is 0.252 e. The number of hydrogen-bond acceptors (Lipinski definition) is 5. The van der Waals surface area contributed by atoms with Crippen molar-refractivity contribution < 1.29 is 9.90 Å². The number of aliphatic hydroxyl groups is 1. The summed E-state index contributed by atoms with van der Waals surface area (Å²) in [5.41, 5.74) is 10.9. The summed E-state index contributed by atoms with van der Waals surface area (Å²) in [5.74, 6) is 1.38. The number of halogens is 1. The van der Waals surface area contributed by atoms with Gasteiger partial charge < -0.3 is 21.1 Å². The molecule has 6 nitrogen and oxygen atoms in total. The topological polar surface area (TPSA) is 81.8 Å². The van der Waals surface area contributed by atoms with Crippen LogP contribution in [0.1, 0.15) is 69.6 Å². The number of nitrogens with zero attached hydrogens (tertiary/aromatic N) is 2. The summed E-state index contributed by atoms with van der Waals surface area (Å²) in [7, 11) is 2.07. The summed E-state index contributed by atoms with van der Waals surface area (Å²) >= 11 is 5.81. The molecule has 0 bridgehead atoms. The minimum atomic E-state index is -0.456.